The number of halogens is 6. The Kier molecular flexibility index (Phi) is 22.3. The summed E-state index contributed by atoms with van der Waals surface area (Å²) in [7, 11) is 0. The van der Waals surface area contributed by atoms with E-state index in [1.54, 1.807) is 127 Å². The van der Waals surface area contributed by atoms with E-state index in [2.05, 4.69) is 31.4 Å². The van der Waals surface area contributed by atoms with Gasteiger partial charge >= 0.3 is 0 Å². The van der Waals surface area contributed by atoms with Gasteiger partial charge in [0.05, 0.1) is 26.4 Å². The maximum Gasteiger partial charge on any atom is 0.267 e. The van der Waals surface area contributed by atoms with Gasteiger partial charge in [-0.2, -0.15) is 0 Å². The number of ether oxygens (including phenoxy) is 5. The molecule has 1 aliphatic heterocycles. The minimum absolute atomic E-state index is 0.00423. The van der Waals surface area contributed by atoms with Crippen molar-refractivity contribution in [2.45, 2.75) is 39.1 Å². The second-order valence-electron chi connectivity index (χ2n) is 17.0. The lowest BCUT2D eigenvalue weighted by atomic mass is 10.1. The number of anilines is 3. The number of benzene rings is 6. The van der Waals surface area contributed by atoms with Crippen molar-refractivity contribution in [3.63, 3.8) is 0 Å². The predicted molar refractivity (Wildman–Crippen MR) is 298 cm³/mol. The zero-order valence-electron chi connectivity index (χ0n) is 43.2. The van der Waals surface area contributed by atoms with Gasteiger partial charge in [0.25, 0.3) is 17.7 Å². The number of hydrogen-bond acceptors (Lipinski definition) is 14. The molecule has 10 rings (SSSR count). The van der Waals surface area contributed by atoms with Gasteiger partial charge in [-0.15, -0.1) is 0 Å². The Balaban J connectivity index is 0.000000166. The molecule has 0 spiro atoms. The number of aromatic nitrogens is 3. The van der Waals surface area contributed by atoms with Gasteiger partial charge in [-0.05, 0) is 93.6 Å². The van der Waals surface area contributed by atoms with Crippen molar-refractivity contribution in [2.24, 2.45) is 0 Å². The SMILES string of the molecule is C1COCCO1.CC(Oc1ccccc1F)C(=O)Nc1cc(-c2ccc(Cl)cc2)no1.CC(Oc1ccccc1F)C(=O)Nc1cc(-c2ccc(Cl)cc2)no1.CC(Oc1ccccc1F)C(=O)Nc1cc(-c2ccc(Cl)cc2)no1. The Morgan fingerprint density at radius 3 is 0.901 bits per heavy atom. The third-order valence-electron chi connectivity index (χ3n) is 11.0. The molecule has 17 nitrogen and oxygen atoms in total. The second-order valence-corrected chi connectivity index (χ2v) is 18.3. The Hall–Kier alpha value is -8.66. The molecule has 3 N–H and O–H groups in total. The van der Waals surface area contributed by atoms with Crippen molar-refractivity contribution in [1.82, 2.24) is 15.5 Å². The van der Waals surface area contributed by atoms with Crippen LogP contribution < -0.4 is 30.2 Å². The fraction of sp³-hybridized carbons (Fsp3) is 0.172. The van der Waals surface area contributed by atoms with Crippen LogP contribution in [0.1, 0.15) is 20.8 Å². The number of nitrogens with one attached hydrogen (secondary N) is 3. The van der Waals surface area contributed by atoms with Gasteiger partial charge < -0.3 is 37.3 Å². The molecule has 4 heterocycles. The molecule has 0 aliphatic carbocycles. The standard InChI is InChI=1S/3C18H14ClFN2O3.C4H8O2/c3*1-11(24-16-5-3-2-4-14(16)20)18(23)21-17-10-15(22-25-17)12-6-8-13(19)9-7-12;1-2-6-4-3-5-1/h3*2-11H,1H3,(H,21,23);1-4H2. The highest BCUT2D eigenvalue weighted by atomic mass is 35.5. The van der Waals surface area contributed by atoms with Crippen LogP contribution in [0.4, 0.5) is 30.8 Å². The average molecular weight is 1170 g/mol. The summed E-state index contributed by atoms with van der Waals surface area (Å²) in [6.45, 7) is 7.65. The van der Waals surface area contributed by atoms with Crippen molar-refractivity contribution in [2.75, 3.05) is 42.4 Å². The first-order valence-corrected chi connectivity index (χ1v) is 25.7. The van der Waals surface area contributed by atoms with E-state index in [4.69, 9.17) is 72.1 Å². The third-order valence-corrected chi connectivity index (χ3v) is 11.7. The molecule has 0 bridgehead atoms. The molecule has 3 atom stereocenters. The van der Waals surface area contributed by atoms with E-state index in [-0.39, 0.29) is 34.9 Å². The molecule has 420 valence electrons. The van der Waals surface area contributed by atoms with Crippen LogP contribution in [-0.4, -0.2) is 77.9 Å². The minimum atomic E-state index is -0.916. The number of carbonyl (C=O) groups excluding carboxylic acids is 3. The fourth-order valence-electron chi connectivity index (χ4n) is 6.73. The lowest BCUT2D eigenvalue weighted by Gasteiger charge is -2.13. The van der Waals surface area contributed by atoms with Gasteiger partial charge in [0.2, 0.25) is 17.7 Å². The van der Waals surface area contributed by atoms with E-state index < -0.39 is 53.5 Å². The highest BCUT2D eigenvalue weighted by Crippen LogP contribution is 2.28. The first kappa shape index (κ1) is 60.0. The smallest absolute Gasteiger partial charge is 0.267 e. The molecule has 3 amide bonds. The summed E-state index contributed by atoms with van der Waals surface area (Å²) in [6.07, 6.45) is -2.75. The molecule has 9 aromatic rings. The van der Waals surface area contributed by atoms with Crippen LogP contribution in [0.3, 0.4) is 0 Å². The Bertz CT molecular complexity index is 3090. The summed E-state index contributed by atoms with van der Waals surface area (Å²) in [5.74, 6) is -2.55. The van der Waals surface area contributed by atoms with Crippen molar-refractivity contribution in [1.29, 1.82) is 0 Å². The number of rotatable bonds is 15. The molecule has 0 saturated carbocycles. The first-order valence-electron chi connectivity index (χ1n) is 24.6. The largest absolute Gasteiger partial charge is 0.478 e. The maximum absolute atomic E-state index is 13.6. The molecule has 3 aromatic heterocycles. The van der Waals surface area contributed by atoms with E-state index >= 15 is 0 Å². The normalized spacial score (nSPS) is 12.7. The highest BCUT2D eigenvalue weighted by Gasteiger charge is 2.22. The molecule has 81 heavy (non-hydrogen) atoms. The first-order chi connectivity index (χ1) is 39.1. The second kappa shape index (κ2) is 30.1. The molecule has 23 heteroatoms. The van der Waals surface area contributed by atoms with Gasteiger partial charge in [0.15, 0.2) is 53.0 Å². The molecule has 0 radical (unpaired) electrons. The number of amides is 3. The number of para-hydroxylation sites is 3. The fourth-order valence-corrected chi connectivity index (χ4v) is 7.11. The Labute approximate surface area is 477 Å². The van der Waals surface area contributed by atoms with Crippen molar-refractivity contribution >= 4 is 70.2 Å². The number of carbonyl (C=O) groups is 3. The molecule has 1 fully saturated rings. The average Bonchev–Trinajstić information content (AvgIpc) is 4.27. The topological polar surface area (TPSA) is 212 Å². The molecule has 1 saturated heterocycles. The van der Waals surface area contributed by atoms with Gasteiger partial charge in [-0.3, -0.25) is 30.3 Å². The third kappa shape index (κ3) is 18.7. The Morgan fingerprint density at radius 2 is 0.667 bits per heavy atom. The van der Waals surface area contributed by atoms with E-state index in [1.807, 2.05) is 0 Å². The quantitative estimate of drug-likeness (QED) is 0.0872. The monoisotopic (exact) mass is 1170 g/mol. The highest BCUT2D eigenvalue weighted by molar-refractivity contribution is 6.31. The summed E-state index contributed by atoms with van der Waals surface area (Å²) in [6, 6.07) is 43.5. The molecule has 1 aliphatic rings. The van der Waals surface area contributed by atoms with Gasteiger partial charge in [-0.1, -0.05) is 123 Å². The van der Waals surface area contributed by atoms with Crippen LogP contribution in [-0.2, 0) is 23.9 Å². The summed E-state index contributed by atoms with van der Waals surface area (Å²) in [5, 5.41) is 21.1. The zero-order valence-corrected chi connectivity index (χ0v) is 45.5. The number of nitrogens with zero attached hydrogens (tertiary/aromatic N) is 3. The van der Waals surface area contributed by atoms with E-state index in [1.165, 1.54) is 57.2 Å². The van der Waals surface area contributed by atoms with Crippen molar-refractivity contribution < 1.29 is 64.8 Å². The summed E-state index contributed by atoms with van der Waals surface area (Å²) in [5.41, 5.74) is 4.04. The van der Waals surface area contributed by atoms with Crippen molar-refractivity contribution in [3.05, 3.63) is 196 Å². The molecule has 6 aromatic carbocycles. The zero-order chi connectivity index (χ0) is 57.7. The van der Waals surface area contributed by atoms with Gasteiger partial charge in [0, 0.05) is 50.0 Å². The summed E-state index contributed by atoms with van der Waals surface area (Å²) < 4.78 is 81.8. The van der Waals surface area contributed by atoms with Gasteiger partial charge in [0.1, 0.15) is 17.1 Å². The maximum atomic E-state index is 13.6. The van der Waals surface area contributed by atoms with E-state index in [0.717, 1.165) is 43.1 Å². The van der Waals surface area contributed by atoms with Crippen LogP contribution in [0.2, 0.25) is 15.1 Å². The summed E-state index contributed by atoms with van der Waals surface area (Å²) >= 11 is 17.5. The van der Waals surface area contributed by atoms with E-state index in [0.29, 0.717) is 32.1 Å². The van der Waals surface area contributed by atoms with Crippen molar-refractivity contribution in [3.8, 4) is 51.0 Å². The van der Waals surface area contributed by atoms with Crippen LogP contribution in [0.15, 0.2) is 177 Å². The predicted octanol–water partition coefficient (Wildman–Crippen LogP) is 13.7. The van der Waals surface area contributed by atoms with Crippen LogP contribution in [0, 0.1) is 17.5 Å². The minimum Gasteiger partial charge on any atom is -0.478 e. The number of hydrogen-bond donors (Lipinski definition) is 3. The van der Waals surface area contributed by atoms with Crippen LogP contribution >= 0.6 is 34.8 Å². The van der Waals surface area contributed by atoms with E-state index in [9.17, 15) is 27.6 Å². The summed E-state index contributed by atoms with van der Waals surface area (Å²) in [4.78, 5) is 36.5. The molecule has 3 unspecified atom stereocenters. The van der Waals surface area contributed by atoms with Gasteiger partial charge in [-0.25, -0.2) is 13.2 Å². The van der Waals surface area contributed by atoms with Crippen LogP contribution in [0.5, 0.6) is 17.2 Å². The lowest BCUT2D eigenvalue weighted by molar-refractivity contribution is -0.122. The van der Waals surface area contributed by atoms with Crippen LogP contribution in [0.25, 0.3) is 33.8 Å². The lowest BCUT2D eigenvalue weighted by Crippen LogP contribution is -2.30. The Morgan fingerprint density at radius 1 is 0.420 bits per heavy atom. The molecular formula is C58H50Cl3F3N6O11. The molecular weight excluding hydrogens is 1120 g/mol.